The van der Waals surface area contributed by atoms with Gasteiger partial charge in [-0.25, -0.2) is 13.6 Å². The predicted molar refractivity (Wildman–Crippen MR) is 141 cm³/mol. The van der Waals surface area contributed by atoms with Crippen LogP contribution in [-0.2, 0) is 20.9 Å². The van der Waals surface area contributed by atoms with Gasteiger partial charge in [0.1, 0.15) is 23.4 Å². The van der Waals surface area contributed by atoms with E-state index >= 15 is 0 Å². The highest BCUT2D eigenvalue weighted by molar-refractivity contribution is 8.00. The molecule has 2 aromatic rings. The molecule has 35 heavy (non-hydrogen) atoms. The standard InChI is InChI=1S/C26H32FN3O4S/c1-5-16-9-22(26-17(6-2)10-19(30-35(3,4)32)12-21(26)28-13-16)29-20-8-7-18(27)11-24(20)34-25-15-33-14-23(25)31/h7-8,10-13,16,23,25,31H,3,5-6,9,14-15H2,1-2,4H3,(H,30,32). The van der Waals surface area contributed by atoms with E-state index in [1.54, 1.807) is 12.3 Å². The number of benzene rings is 2. The predicted octanol–water partition coefficient (Wildman–Crippen LogP) is 4.45. The molecule has 1 saturated heterocycles. The number of fused-ring (bicyclic) bond motifs is 1. The fourth-order valence-corrected chi connectivity index (χ4v) is 4.88. The molecule has 2 aliphatic heterocycles. The Bertz CT molecular complexity index is 1260. The van der Waals surface area contributed by atoms with Crippen molar-refractivity contribution >= 4 is 44.6 Å². The second-order valence-electron chi connectivity index (χ2n) is 9.07. The normalized spacial score (nSPS) is 24.6. The van der Waals surface area contributed by atoms with Gasteiger partial charge in [-0.2, -0.15) is 0 Å². The van der Waals surface area contributed by atoms with Crippen molar-refractivity contribution in [1.82, 2.24) is 0 Å². The summed E-state index contributed by atoms with van der Waals surface area (Å²) in [6, 6.07) is 8.04. The molecular formula is C26H32FN3O4S. The van der Waals surface area contributed by atoms with Crippen LogP contribution in [0.15, 0.2) is 40.3 Å². The quantitative estimate of drug-likeness (QED) is 0.548. The minimum atomic E-state index is -2.46. The highest BCUT2D eigenvalue weighted by atomic mass is 32.2. The molecule has 188 valence electrons. The van der Waals surface area contributed by atoms with Gasteiger partial charge in [0, 0.05) is 39.5 Å². The smallest absolute Gasteiger partial charge is 0.150 e. The number of nitrogens with one attached hydrogen (secondary N) is 1. The average molecular weight is 502 g/mol. The van der Waals surface area contributed by atoms with Crippen LogP contribution in [0.5, 0.6) is 5.75 Å². The van der Waals surface area contributed by atoms with Crippen LogP contribution in [0.3, 0.4) is 0 Å². The first-order valence-electron chi connectivity index (χ1n) is 11.8. The van der Waals surface area contributed by atoms with E-state index in [2.05, 4.69) is 17.5 Å². The molecule has 0 saturated carbocycles. The number of aliphatic imine (C=N–C) groups is 2. The first-order chi connectivity index (χ1) is 16.7. The van der Waals surface area contributed by atoms with E-state index in [9.17, 15) is 13.7 Å². The number of anilines is 1. The molecule has 9 heteroatoms. The molecule has 2 N–H and O–H groups in total. The minimum absolute atomic E-state index is 0.167. The fraction of sp³-hybridized carbons (Fsp3) is 0.423. The third kappa shape index (κ3) is 6.09. The Hall–Kier alpha value is -2.75. The summed E-state index contributed by atoms with van der Waals surface area (Å²) in [5.41, 5.74) is 4.63. The van der Waals surface area contributed by atoms with Gasteiger partial charge in [-0.05, 0) is 60.9 Å². The second kappa shape index (κ2) is 10.5. The molecule has 0 aromatic heterocycles. The van der Waals surface area contributed by atoms with Crippen molar-refractivity contribution in [3.63, 3.8) is 0 Å². The Kier molecular flexibility index (Phi) is 7.59. The van der Waals surface area contributed by atoms with E-state index in [-0.39, 0.29) is 24.9 Å². The zero-order chi connectivity index (χ0) is 25.2. The molecule has 0 radical (unpaired) electrons. The number of hydrogen-bond donors (Lipinski definition) is 2. The molecule has 2 aromatic carbocycles. The van der Waals surface area contributed by atoms with Crippen LogP contribution >= 0.6 is 0 Å². The fourth-order valence-electron chi connectivity index (χ4n) is 4.27. The lowest BCUT2D eigenvalue weighted by atomic mass is 9.92. The molecular weight excluding hydrogens is 469 g/mol. The van der Waals surface area contributed by atoms with Gasteiger partial charge in [-0.1, -0.05) is 13.8 Å². The number of ether oxygens (including phenoxy) is 2. The third-order valence-corrected chi connectivity index (χ3v) is 6.73. The summed E-state index contributed by atoms with van der Waals surface area (Å²) in [6.45, 7) is 4.55. The topological polar surface area (TPSA) is 92.5 Å². The molecule has 0 aliphatic carbocycles. The molecule has 2 heterocycles. The zero-order valence-electron chi connectivity index (χ0n) is 20.3. The monoisotopic (exact) mass is 501 g/mol. The lowest BCUT2D eigenvalue weighted by Gasteiger charge is -2.19. The summed E-state index contributed by atoms with van der Waals surface area (Å²) in [4.78, 5) is 9.73. The maximum atomic E-state index is 14.1. The Morgan fingerprint density at radius 3 is 2.77 bits per heavy atom. The molecule has 4 rings (SSSR count). The van der Waals surface area contributed by atoms with Crippen molar-refractivity contribution in [2.24, 2.45) is 15.9 Å². The number of halogens is 1. The summed E-state index contributed by atoms with van der Waals surface area (Å²) < 4.78 is 40.6. The summed E-state index contributed by atoms with van der Waals surface area (Å²) >= 11 is 0. The van der Waals surface area contributed by atoms with E-state index in [0.29, 0.717) is 24.2 Å². The van der Waals surface area contributed by atoms with Gasteiger partial charge in [-0.15, -0.1) is 0 Å². The number of aryl methyl sites for hydroxylation is 1. The molecule has 0 amide bonds. The van der Waals surface area contributed by atoms with Crippen molar-refractivity contribution in [1.29, 1.82) is 0 Å². The van der Waals surface area contributed by atoms with Gasteiger partial charge in [0.05, 0.1) is 24.6 Å². The molecule has 4 unspecified atom stereocenters. The summed E-state index contributed by atoms with van der Waals surface area (Å²) in [5, 5.41) is 10.1. The van der Waals surface area contributed by atoms with E-state index < -0.39 is 27.7 Å². The van der Waals surface area contributed by atoms with Crippen LogP contribution < -0.4 is 9.46 Å². The van der Waals surface area contributed by atoms with Crippen LogP contribution in [0.2, 0.25) is 0 Å². The molecule has 2 aliphatic rings. The second-order valence-corrected chi connectivity index (χ2v) is 11.3. The lowest BCUT2D eigenvalue weighted by Crippen LogP contribution is -2.29. The van der Waals surface area contributed by atoms with Crippen LogP contribution in [0, 0.1) is 11.7 Å². The van der Waals surface area contributed by atoms with Crippen LogP contribution in [0.4, 0.5) is 21.5 Å². The van der Waals surface area contributed by atoms with Crippen molar-refractivity contribution in [3.05, 3.63) is 47.3 Å². The van der Waals surface area contributed by atoms with Crippen LogP contribution in [-0.4, -0.2) is 58.8 Å². The zero-order valence-corrected chi connectivity index (χ0v) is 21.1. The molecule has 1 fully saturated rings. The van der Waals surface area contributed by atoms with Gasteiger partial charge >= 0.3 is 0 Å². The van der Waals surface area contributed by atoms with Crippen molar-refractivity contribution in [2.45, 2.75) is 45.3 Å². The number of aliphatic hydroxyl groups is 1. The third-order valence-electron chi connectivity index (χ3n) is 6.06. The summed E-state index contributed by atoms with van der Waals surface area (Å²) in [6.07, 6.45) is 4.36. The lowest BCUT2D eigenvalue weighted by molar-refractivity contribution is 0.0735. The highest BCUT2D eigenvalue weighted by Gasteiger charge is 2.29. The van der Waals surface area contributed by atoms with Crippen molar-refractivity contribution in [2.75, 3.05) is 24.2 Å². The molecule has 0 bridgehead atoms. The van der Waals surface area contributed by atoms with Gasteiger partial charge < -0.3 is 19.3 Å². The maximum absolute atomic E-state index is 14.1. The number of rotatable bonds is 7. The van der Waals surface area contributed by atoms with Gasteiger partial charge in [0.15, 0.2) is 6.10 Å². The Morgan fingerprint density at radius 1 is 1.31 bits per heavy atom. The van der Waals surface area contributed by atoms with E-state index in [1.807, 2.05) is 25.3 Å². The number of nitrogens with zero attached hydrogens (tertiary/aromatic N) is 2. The average Bonchev–Trinajstić information content (AvgIpc) is 3.10. The molecule has 4 atom stereocenters. The van der Waals surface area contributed by atoms with E-state index in [0.717, 1.165) is 28.9 Å². The summed E-state index contributed by atoms with van der Waals surface area (Å²) in [5.74, 6) is 3.67. The summed E-state index contributed by atoms with van der Waals surface area (Å²) in [7, 11) is -2.46. The number of aliphatic hydroxyl groups excluding tert-OH is 1. The largest absolute Gasteiger partial charge is 0.483 e. The molecule has 7 nitrogen and oxygen atoms in total. The van der Waals surface area contributed by atoms with Gasteiger partial charge in [-0.3, -0.25) is 4.99 Å². The van der Waals surface area contributed by atoms with Crippen molar-refractivity contribution < 1.29 is 23.2 Å². The highest BCUT2D eigenvalue weighted by Crippen LogP contribution is 2.37. The van der Waals surface area contributed by atoms with Crippen molar-refractivity contribution in [3.8, 4) is 5.75 Å². The van der Waals surface area contributed by atoms with E-state index in [1.165, 1.54) is 12.1 Å². The Morgan fingerprint density at radius 2 is 2.11 bits per heavy atom. The Balaban J connectivity index is 1.83. The minimum Gasteiger partial charge on any atom is -0.483 e. The first kappa shape index (κ1) is 25.3. The Labute approximate surface area is 206 Å². The van der Waals surface area contributed by atoms with Crippen LogP contribution in [0.1, 0.15) is 37.8 Å². The molecule has 0 spiro atoms. The maximum Gasteiger partial charge on any atom is 0.150 e. The van der Waals surface area contributed by atoms with Gasteiger partial charge in [0.25, 0.3) is 0 Å². The first-order valence-corrected chi connectivity index (χ1v) is 13.9. The van der Waals surface area contributed by atoms with Gasteiger partial charge in [0.2, 0.25) is 0 Å². The van der Waals surface area contributed by atoms with E-state index in [4.69, 9.17) is 19.5 Å². The SMILES string of the molecule is C=S(C)(=O)Nc1cc(CC)c2c(c1)N=CC(CC)CC2=Nc1ccc(F)cc1OC1COCC1O. The number of hydrogen-bond acceptors (Lipinski definition) is 6. The van der Waals surface area contributed by atoms with Crippen LogP contribution in [0.25, 0.3) is 0 Å².